The van der Waals surface area contributed by atoms with Gasteiger partial charge in [-0.15, -0.1) is 13.2 Å². The Kier molecular flexibility index (Phi) is 13.8. The lowest BCUT2D eigenvalue weighted by Gasteiger charge is -2.27. The lowest BCUT2D eigenvalue weighted by Crippen LogP contribution is -2.44. The highest BCUT2D eigenvalue weighted by atomic mass is 16.4. The van der Waals surface area contributed by atoms with Crippen LogP contribution in [0.15, 0.2) is 13.2 Å². The highest BCUT2D eigenvalue weighted by molar-refractivity contribution is 5.69. The Morgan fingerprint density at radius 1 is 0.731 bits per heavy atom. The van der Waals surface area contributed by atoms with Gasteiger partial charge in [-0.1, -0.05) is 25.7 Å². The molecule has 0 aliphatic heterocycles. The summed E-state index contributed by atoms with van der Waals surface area (Å²) in [6.45, 7) is 5.89. The third-order valence-corrected chi connectivity index (χ3v) is 4.49. The topological polar surface area (TPSA) is 139 Å². The standard InChI is InChI=1S/2C8H15NO3.C2H4/c2*10-7-4-2-1-3-6(7)9-5-8(11)12;1-2/h2*6-7,9-10H,1-5H2,(H,11,12);1-2H2. The number of hydrogen-bond donors (Lipinski definition) is 6. The van der Waals surface area contributed by atoms with Crippen LogP contribution in [0, 0.1) is 0 Å². The first kappa shape index (κ1) is 24.5. The van der Waals surface area contributed by atoms with Crippen molar-refractivity contribution in [1.29, 1.82) is 0 Å². The number of rotatable bonds is 6. The third kappa shape index (κ3) is 11.2. The molecule has 0 spiro atoms. The molecule has 0 amide bonds. The van der Waals surface area contributed by atoms with Crippen molar-refractivity contribution in [3.63, 3.8) is 0 Å². The summed E-state index contributed by atoms with van der Waals surface area (Å²) in [6.07, 6.45) is 6.87. The molecule has 8 nitrogen and oxygen atoms in total. The largest absolute Gasteiger partial charge is 0.480 e. The van der Waals surface area contributed by atoms with E-state index < -0.39 is 11.9 Å². The molecular weight excluding hydrogens is 340 g/mol. The molecule has 2 saturated carbocycles. The van der Waals surface area contributed by atoms with E-state index in [4.69, 9.17) is 10.2 Å². The molecule has 4 atom stereocenters. The number of carboxylic acid groups (broad SMARTS) is 2. The monoisotopic (exact) mass is 374 g/mol. The van der Waals surface area contributed by atoms with Gasteiger partial charge in [-0.3, -0.25) is 9.59 Å². The maximum atomic E-state index is 10.2. The van der Waals surface area contributed by atoms with Crippen molar-refractivity contribution in [3.8, 4) is 0 Å². The molecule has 0 heterocycles. The Balaban J connectivity index is 0.000000439. The van der Waals surface area contributed by atoms with E-state index in [-0.39, 0.29) is 37.4 Å². The van der Waals surface area contributed by atoms with E-state index in [1.165, 1.54) is 0 Å². The highest BCUT2D eigenvalue weighted by Crippen LogP contribution is 2.18. The van der Waals surface area contributed by atoms with Crippen molar-refractivity contribution in [1.82, 2.24) is 10.6 Å². The summed E-state index contributed by atoms with van der Waals surface area (Å²) in [4.78, 5) is 20.4. The summed E-state index contributed by atoms with van der Waals surface area (Å²) < 4.78 is 0. The summed E-state index contributed by atoms with van der Waals surface area (Å²) in [5, 5.41) is 41.3. The van der Waals surface area contributed by atoms with Crippen LogP contribution in [-0.2, 0) is 9.59 Å². The molecule has 0 saturated heterocycles. The number of aliphatic hydroxyl groups is 2. The number of carbonyl (C=O) groups is 2. The first-order valence-corrected chi connectivity index (χ1v) is 9.16. The van der Waals surface area contributed by atoms with Gasteiger partial charge in [0, 0.05) is 12.1 Å². The molecule has 26 heavy (non-hydrogen) atoms. The van der Waals surface area contributed by atoms with E-state index >= 15 is 0 Å². The lowest BCUT2D eigenvalue weighted by atomic mass is 9.93. The van der Waals surface area contributed by atoms with Gasteiger partial charge in [0.25, 0.3) is 0 Å². The van der Waals surface area contributed by atoms with Crippen LogP contribution < -0.4 is 10.6 Å². The van der Waals surface area contributed by atoms with Crippen molar-refractivity contribution in [3.05, 3.63) is 13.2 Å². The smallest absolute Gasteiger partial charge is 0.317 e. The maximum Gasteiger partial charge on any atom is 0.317 e. The normalized spacial score (nSPS) is 27.9. The average Bonchev–Trinajstić information content (AvgIpc) is 2.62. The molecule has 8 heteroatoms. The number of aliphatic hydroxyl groups excluding tert-OH is 2. The molecule has 0 bridgehead atoms. The fraction of sp³-hybridized carbons (Fsp3) is 0.778. The van der Waals surface area contributed by atoms with Gasteiger partial charge in [0.05, 0.1) is 25.3 Å². The average molecular weight is 374 g/mol. The van der Waals surface area contributed by atoms with Crippen LogP contribution in [0.3, 0.4) is 0 Å². The quantitative estimate of drug-likeness (QED) is 0.374. The number of aliphatic carboxylic acids is 2. The highest BCUT2D eigenvalue weighted by Gasteiger charge is 2.23. The Labute approximate surface area is 155 Å². The van der Waals surface area contributed by atoms with E-state index in [0.29, 0.717) is 0 Å². The fourth-order valence-electron chi connectivity index (χ4n) is 3.14. The Hall–Kier alpha value is -1.48. The Bertz CT molecular complexity index is 371. The summed E-state index contributed by atoms with van der Waals surface area (Å²) >= 11 is 0. The minimum atomic E-state index is -0.868. The zero-order valence-electron chi connectivity index (χ0n) is 15.4. The summed E-state index contributed by atoms with van der Waals surface area (Å²) in [7, 11) is 0. The van der Waals surface area contributed by atoms with Crippen LogP contribution in [0.25, 0.3) is 0 Å². The predicted molar refractivity (Wildman–Crippen MR) is 99.1 cm³/mol. The van der Waals surface area contributed by atoms with Crippen molar-refractivity contribution in [2.45, 2.75) is 75.7 Å². The van der Waals surface area contributed by atoms with Crippen LogP contribution >= 0.6 is 0 Å². The second kappa shape index (κ2) is 14.7. The van der Waals surface area contributed by atoms with Crippen LogP contribution in [-0.4, -0.2) is 69.7 Å². The van der Waals surface area contributed by atoms with E-state index in [1.54, 1.807) is 0 Å². The molecule has 4 unspecified atom stereocenters. The van der Waals surface area contributed by atoms with Gasteiger partial charge in [-0.05, 0) is 25.7 Å². The zero-order chi connectivity index (χ0) is 19.9. The second-order valence-electron chi connectivity index (χ2n) is 6.47. The van der Waals surface area contributed by atoms with Gasteiger partial charge in [0.15, 0.2) is 0 Å². The minimum Gasteiger partial charge on any atom is -0.480 e. The van der Waals surface area contributed by atoms with Crippen LogP contribution in [0.1, 0.15) is 51.4 Å². The molecule has 0 aromatic carbocycles. The summed E-state index contributed by atoms with van der Waals surface area (Å²) in [5.74, 6) is -1.74. The Morgan fingerprint density at radius 2 is 1.04 bits per heavy atom. The number of carboxylic acids is 2. The van der Waals surface area contributed by atoms with Gasteiger partial charge in [-0.2, -0.15) is 0 Å². The molecular formula is C18H34N2O6. The van der Waals surface area contributed by atoms with Gasteiger partial charge < -0.3 is 31.1 Å². The molecule has 6 N–H and O–H groups in total. The van der Waals surface area contributed by atoms with Crippen molar-refractivity contribution in [2.75, 3.05) is 13.1 Å². The number of nitrogens with one attached hydrogen (secondary N) is 2. The molecule has 0 aromatic rings. The molecule has 2 fully saturated rings. The van der Waals surface area contributed by atoms with Crippen molar-refractivity contribution in [2.24, 2.45) is 0 Å². The van der Waals surface area contributed by atoms with Crippen molar-refractivity contribution >= 4 is 11.9 Å². The van der Waals surface area contributed by atoms with Gasteiger partial charge in [0.1, 0.15) is 0 Å². The predicted octanol–water partition coefficient (Wildman–Crippen LogP) is 0.730. The van der Waals surface area contributed by atoms with Crippen LogP contribution in [0.5, 0.6) is 0 Å². The van der Waals surface area contributed by atoms with Gasteiger partial charge in [-0.25, -0.2) is 0 Å². The van der Waals surface area contributed by atoms with E-state index in [0.717, 1.165) is 51.4 Å². The summed E-state index contributed by atoms with van der Waals surface area (Å²) in [6, 6.07) is -0.0373. The van der Waals surface area contributed by atoms with E-state index in [9.17, 15) is 19.8 Å². The minimum absolute atomic E-state index is 0.0187. The SMILES string of the molecule is C=C.O=C(O)CNC1CCCCC1O.O=C(O)CNC1CCCCC1O. The zero-order valence-corrected chi connectivity index (χ0v) is 15.4. The Morgan fingerprint density at radius 3 is 1.31 bits per heavy atom. The molecule has 152 valence electrons. The lowest BCUT2D eigenvalue weighted by molar-refractivity contribution is -0.137. The van der Waals surface area contributed by atoms with E-state index in [2.05, 4.69) is 23.8 Å². The van der Waals surface area contributed by atoms with E-state index in [1.807, 2.05) is 0 Å². The molecule has 2 aliphatic rings. The number of hydrogen-bond acceptors (Lipinski definition) is 6. The van der Waals surface area contributed by atoms with Crippen LogP contribution in [0.4, 0.5) is 0 Å². The first-order valence-electron chi connectivity index (χ1n) is 9.16. The molecule has 2 rings (SSSR count). The molecule has 0 radical (unpaired) electrons. The van der Waals surface area contributed by atoms with Crippen LogP contribution in [0.2, 0.25) is 0 Å². The molecule has 0 aromatic heterocycles. The van der Waals surface area contributed by atoms with Gasteiger partial charge in [0.2, 0.25) is 0 Å². The fourth-order valence-corrected chi connectivity index (χ4v) is 3.14. The van der Waals surface area contributed by atoms with Gasteiger partial charge >= 0.3 is 11.9 Å². The summed E-state index contributed by atoms with van der Waals surface area (Å²) in [5.41, 5.74) is 0. The molecule has 2 aliphatic carbocycles. The maximum absolute atomic E-state index is 10.2. The first-order chi connectivity index (χ1) is 12.4. The van der Waals surface area contributed by atoms with Crippen molar-refractivity contribution < 1.29 is 30.0 Å². The third-order valence-electron chi connectivity index (χ3n) is 4.49. The second-order valence-corrected chi connectivity index (χ2v) is 6.47.